The average Bonchev–Trinajstić information content (AvgIpc) is 2.99. The molecule has 92 valence electrons. The lowest BCUT2D eigenvalue weighted by Crippen LogP contribution is -2.44. The molecule has 1 aromatic rings. The van der Waals surface area contributed by atoms with Crippen LogP contribution in [0, 0.1) is 0 Å². The number of fused-ring (bicyclic) bond motifs is 1. The second-order valence-corrected chi connectivity index (χ2v) is 7.24. The molecule has 4 nitrogen and oxygen atoms in total. The second-order valence-electron chi connectivity index (χ2n) is 4.24. The van der Waals surface area contributed by atoms with Crippen LogP contribution in [0.1, 0.15) is 12.8 Å². The van der Waals surface area contributed by atoms with E-state index in [0.29, 0.717) is 32.8 Å². The normalized spacial score (nSPS) is 22.4. The Morgan fingerprint density at radius 1 is 1.41 bits per heavy atom. The molecule has 1 N–H and O–H groups in total. The number of halogens is 2. The lowest BCUT2D eigenvalue weighted by molar-refractivity contribution is 0.569. The molecular formula is C10H10BrClN2O2S. The molecule has 1 fully saturated rings. The lowest BCUT2D eigenvalue weighted by atomic mass is 10.3. The monoisotopic (exact) mass is 336 g/mol. The van der Waals surface area contributed by atoms with Gasteiger partial charge in [0.1, 0.15) is 4.90 Å². The highest BCUT2D eigenvalue weighted by Gasteiger charge is 2.37. The van der Waals surface area contributed by atoms with Gasteiger partial charge in [0.25, 0.3) is 0 Å². The van der Waals surface area contributed by atoms with Crippen molar-refractivity contribution in [1.82, 2.24) is 4.72 Å². The number of hydrogen-bond donors (Lipinski definition) is 1. The minimum absolute atomic E-state index is 0.292. The number of hydrogen-bond acceptors (Lipinski definition) is 3. The molecular weight excluding hydrogens is 328 g/mol. The van der Waals surface area contributed by atoms with Crippen molar-refractivity contribution < 1.29 is 8.42 Å². The summed E-state index contributed by atoms with van der Waals surface area (Å²) in [5.74, 6) is 0. The summed E-state index contributed by atoms with van der Waals surface area (Å²) >= 11 is 9.27. The van der Waals surface area contributed by atoms with Crippen molar-refractivity contribution in [2.45, 2.75) is 23.8 Å². The summed E-state index contributed by atoms with van der Waals surface area (Å²) in [5.41, 5.74) is 0.700. The van der Waals surface area contributed by atoms with E-state index in [2.05, 4.69) is 25.6 Å². The van der Waals surface area contributed by atoms with Gasteiger partial charge in [0, 0.05) is 15.5 Å². The maximum atomic E-state index is 12.0. The number of nitrogens with zero attached hydrogens (tertiary/aromatic N) is 1. The number of anilines is 1. The minimum atomic E-state index is -3.43. The van der Waals surface area contributed by atoms with Crippen molar-refractivity contribution in [3.05, 3.63) is 21.6 Å². The molecule has 1 aromatic carbocycles. The standard InChI is InChI=1S/C10H10BrClN2O2S/c11-8-3-6(12)4-9-10(8)17(15,16)13-5-14(9)7-1-2-7/h3-4,7,13H,1-2,5H2. The highest BCUT2D eigenvalue weighted by atomic mass is 79.9. The van der Waals surface area contributed by atoms with Gasteiger partial charge in [0.2, 0.25) is 10.0 Å². The van der Waals surface area contributed by atoms with Gasteiger partial charge in [-0.25, -0.2) is 8.42 Å². The first kappa shape index (κ1) is 11.8. The van der Waals surface area contributed by atoms with E-state index in [1.54, 1.807) is 12.1 Å². The maximum Gasteiger partial charge on any atom is 0.245 e. The quantitative estimate of drug-likeness (QED) is 0.855. The van der Waals surface area contributed by atoms with Crippen molar-refractivity contribution >= 4 is 43.2 Å². The number of sulfonamides is 1. The van der Waals surface area contributed by atoms with Gasteiger partial charge in [-0.3, -0.25) is 0 Å². The predicted octanol–water partition coefficient (Wildman–Crippen LogP) is 2.32. The molecule has 0 radical (unpaired) electrons. The van der Waals surface area contributed by atoms with Crippen LogP contribution in [-0.4, -0.2) is 21.1 Å². The molecule has 1 heterocycles. The van der Waals surface area contributed by atoms with Gasteiger partial charge in [-0.15, -0.1) is 0 Å². The molecule has 7 heteroatoms. The first-order chi connectivity index (χ1) is 7.99. The van der Waals surface area contributed by atoms with Gasteiger partial charge < -0.3 is 4.90 Å². The molecule has 1 saturated carbocycles. The van der Waals surface area contributed by atoms with E-state index in [1.807, 2.05) is 0 Å². The van der Waals surface area contributed by atoms with Crippen LogP contribution in [0.4, 0.5) is 5.69 Å². The van der Waals surface area contributed by atoms with Gasteiger partial charge in [-0.05, 0) is 40.9 Å². The Hall–Kier alpha value is -0.300. The zero-order chi connectivity index (χ0) is 12.2. The number of benzene rings is 1. The van der Waals surface area contributed by atoms with Crippen LogP contribution in [0.5, 0.6) is 0 Å². The molecule has 0 spiro atoms. The van der Waals surface area contributed by atoms with Crippen LogP contribution < -0.4 is 9.62 Å². The summed E-state index contributed by atoms with van der Waals surface area (Å²) in [7, 11) is -3.43. The first-order valence-electron chi connectivity index (χ1n) is 5.24. The molecule has 17 heavy (non-hydrogen) atoms. The van der Waals surface area contributed by atoms with E-state index in [0.717, 1.165) is 12.8 Å². The van der Waals surface area contributed by atoms with Crippen LogP contribution in [0.2, 0.25) is 5.02 Å². The lowest BCUT2D eigenvalue weighted by Gasteiger charge is -2.32. The second kappa shape index (κ2) is 3.85. The minimum Gasteiger partial charge on any atom is -0.354 e. The average molecular weight is 338 g/mol. The largest absolute Gasteiger partial charge is 0.354 e. The molecule has 0 saturated heterocycles. The summed E-state index contributed by atoms with van der Waals surface area (Å²) in [4.78, 5) is 2.35. The Labute approximate surface area is 113 Å². The Bertz CT molecular complexity index is 586. The summed E-state index contributed by atoms with van der Waals surface area (Å²) in [6, 6.07) is 3.76. The van der Waals surface area contributed by atoms with Crippen molar-refractivity contribution in [3.8, 4) is 0 Å². The number of nitrogens with one attached hydrogen (secondary N) is 1. The van der Waals surface area contributed by atoms with E-state index in [9.17, 15) is 8.42 Å². The summed E-state index contributed by atoms with van der Waals surface area (Å²) in [6.07, 6.45) is 2.20. The van der Waals surface area contributed by atoms with Crippen molar-refractivity contribution in [3.63, 3.8) is 0 Å². The third kappa shape index (κ3) is 1.97. The maximum absolute atomic E-state index is 12.0. The fourth-order valence-corrected chi connectivity index (χ4v) is 4.70. The smallest absolute Gasteiger partial charge is 0.245 e. The van der Waals surface area contributed by atoms with Gasteiger partial charge in [-0.1, -0.05) is 11.6 Å². The predicted molar refractivity (Wildman–Crippen MR) is 69.8 cm³/mol. The summed E-state index contributed by atoms with van der Waals surface area (Å²) in [5, 5.41) is 0.540. The van der Waals surface area contributed by atoms with E-state index in [-0.39, 0.29) is 0 Å². The third-order valence-corrected chi connectivity index (χ3v) is 5.56. The van der Waals surface area contributed by atoms with Gasteiger partial charge in [0.15, 0.2) is 0 Å². The van der Waals surface area contributed by atoms with Crippen molar-refractivity contribution in [2.24, 2.45) is 0 Å². The van der Waals surface area contributed by atoms with Crippen LogP contribution in [0.15, 0.2) is 21.5 Å². The molecule has 0 atom stereocenters. The molecule has 0 aromatic heterocycles. The van der Waals surface area contributed by atoms with Gasteiger partial charge in [-0.2, -0.15) is 4.72 Å². The van der Waals surface area contributed by atoms with Crippen molar-refractivity contribution in [2.75, 3.05) is 11.6 Å². The Morgan fingerprint density at radius 2 is 2.12 bits per heavy atom. The highest BCUT2D eigenvalue weighted by Crippen LogP contribution is 2.41. The van der Waals surface area contributed by atoms with Crippen LogP contribution in [0.25, 0.3) is 0 Å². The van der Waals surface area contributed by atoms with Crippen molar-refractivity contribution in [1.29, 1.82) is 0 Å². The Kier molecular flexibility index (Phi) is 2.66. The van der Waals surface area contributed by atoms with Gasteiger partial charge in [0.05, 0.1) is 12.4 Å². The molecule has 0 amide bonds. The molecule has 0 unspecified atom stereocenters. The molecule has 1 aliphatic carbocycles. The fourth-order valence-electron chi connectivity index (χ4n) is 2.05. The highest BCUT2D eigenvalue weighted by molar-refractivity contribution is 9.10. The van der Waals surface area contributed by atoms with Crippen LogP contribution >= 0.6 is 27.5 Å². The summed E-state index contributed by atoms with van der Waals surface area (Å²) in [6.45, 7) is 0.326. The zero-order valence-electron chi connectivity index (χ0n) is 8.78. The van der Waals surface area contributed by atoms with E-state index in [4.69, 9.17) is 11.6 Å². The molecule has 1 aliphatic heterocycles. The molecule has 2 aliphatic rings. The third-order valence-electron chi connectivity index (χ3n) is 2.98. The fraction of sp³-hybridized carbons (Fsp3) is 0.400. The zero-order valence-corrected chi connectivity index (χ0v) is 11.9. The Balaban J connectivity index is 2.24. The molecule has 0 bridgehead atoms. The van der Waals surface area contributed by atoms with Crippen LogP contribution in [-0.2, 0) is 10.0 Å². The van der Waals surface area contributed by atoms with E-state index >= 15 is 0 Å². The number of rotatable bonds is 1. The first-order valence-corrected chi connectivity index (χ1v) is 7.90. The Morgan fingerprint density at radius 3 is 2.76 bits per heavy atom. The van der Waals surface area contributed by atoms with Crippen LogP contribution in [0.3, 0.4) is 0 Å². The van der Waals surface area contributed by atoms with E-state index in [1.165, 1.54) is 0 Å². The summed E-state index contributed by atoms with van der Waals surface area (Å²) < 4.78 is 27.0. The topological polar surface area (TPSA) is 49.4 Å². The van der Waals surface area contributed by atoms with E-state index < -0.39 is 10.0 Å². The SMILES string of the molecule is O=S1(=O)NCN(C2CC2)c2cc(Cl)cc(Br)c21. The van der Waals surface area contributed by atoms with Gasteiger partial charge >= 0.3 is 0 Å². The molecule has 3 rings (SSSR count).